The Hall–Kier alpha value is -3.88. The Morgan fingerprint density at radius 2 is 1.76 bits per heavy atom. The van der Waals surface area contributed by atoms with Gasteiger partial charge in [0, 0.05) is 42.7 Å². The van der Waals surface area contributed by atoms with Crippen molar-refractivity contribution in [3.8, 4) is 11.4 Å². The number of rotatable bonds is 2. The molecule has 1 saturated heterocycles. The van der Waals surface area contributed by atoms with Crippen molar-refractivity contribution in [1.29, 1.82) is 0 Å². The summed E-state index contributed by atoms with van der Waals surface area (Å²) in [6.45, 7) is 8.22. The number of carbonyl (C=O) groups is 2. The van der Waals surface area contributed by atoms with Crippen LogP contribution in [0.25, 0.3) is 11.4 Å². The Labute approximate surface area is 197 Å². The predicted molar refractivity (Wildman–Crippen MR) is 128 cm³/mol. The van der Waals surface area contributed by atoms with E-state index in [1.54, 1.807) is 12.1 Å². The van der Waals surface area contributed by atoms with Gasteiger partial charge in [-0.05, 0) is 18.2 Å². The van der Waals surface area contributed by atoms with Crippen LogP contribution in [0.3, 0.4) is 0 Å². The molecule has 0 spiro atoms. The fraction of sp³-hybridized carbons (Fsp3) is 0.360. The first-order valence-corrected chi connectivity index (χ1v) is 11.3. The van der Waals surface area contributed by atoms with Gasteiger partial charge in [0.1, 0.15) is 5.92 Å². The minimum Gasteiger partial charge on any atom is -0.338 e. The molecule has 0 radical (unpaired) electrons. The van der Waals surface area contributed by atoms with Crippen LogP contribution >= 0.6 is 0 Å². The zero-order valence-corrected chi connectivity index (χ0v) is 19.4. The Kier molecular flexibility index (Phi) is 5.47. The Morgan fingerprint density at radius 3 is 2.44 bits per heavy atom. The molecule has 174 valence electrons. The number of amides is 2. The zero-order chi connectivity index (χ0) is 23.9. The van der Waals surface area contributed by atoms with Gasteiger partial charge in [0.15, 0.2) is 0 Å². The van der Waals surface area contributed by atoms with E-state index in [4.69, 9.17) is 4.52 Å². The van der Waals surface area contributed by atoms with Gasteiger partial charge in [0.2, 0.25) is 17.7 Å². The number of guanidine groups is 1. The summed E-state index contributed by atoms with van der Waals surface area (Å²) in [7, 11) is 0. The molecule has 1 fully saturated rings. The first kappa shape index (κ1) is 21.9. The molecule has 9 nitrogen and oxygen atoms in total. The van der Waals surface area contributed by atoms with E-state index < -0.39 is 0 Å². The third kappa shape index (κ3) is 4.21. The van der Waals surface area contributed by atoms with Gasteiger partial charge in [-0.25, -0.2) is 4.99 Å². The van der Waals surface area contributed by atoms with Gasteiger partial charge in [-0.3, -0.25) is 9.59 Å². The molecular formula is C25H26N6O3. The standard InChI is InChI=1S/C25H26N6O3/c1-25(2,3)23-27-20(29-34-23)16-8-10-17(11-9-16)22(33)30-12-14-31(15-13-30)24-26-19-7-5-4-6-18(19)21(32)28-24/h4-11,18H,12-15H2,1-3H3. The predicted octanol–water partition coefficient (Wildman–Crippen LogP) is 2.87. The lowest BCUT2D eigenvalue weighted by Crippen LogP contribution is -2.51. The minimum absolute atomic E-state index is 0.0388. The van der Waals surface area contributed by atoms with Crippen LogP contribution in [0.15, 0.2) is 63.1 Å². The van der Waals surface area contributed by atoms with E-state index in [0.717, 1.165) is 5.56 Å². The van der Waals surface area contributed by atoms with E-state index in [1.165, 1.54) is 0 Å². The van der Waals surface area contributed by atoms with Crippen LogP contribution in [0.5, 0.6) is 0 Å². The van der Waals surface area contributed by atoms with Crippen molar-refractivity contribution >= 4 is 23.5 Å². The van der Waals surface area contributed by atoms with Crippen LogP contribution in [0.4, 0.5) is 0 Å². The Bertz CT molecular complexity index is 1240. The highest BCUT2D eigenvalue weighted by Gasteiger charge is 2.30. The molecule has 9 heteroatoms. The summed E-state index contributed by atoms with van der Waals surface area (Å²) in [5, 5.41) is 4.06. The van der Waals surface area contributed by atoms with Crippen LogP contribution in [0.2, 0.25) is 0 Å². The van der Waals surface area contributed by atoms with E-state index in [2.05, 4.69) is 20.1 Å². The van der Waals surface area contributed by atoms with Crippen molar-refractivity contribution in [3.63, 3.8) is 0 Å². The normalized spacial score (nSPS) is 20.2. The number of aromatic nitrogens is 2. The monoisotopic (exact) mass is 458 g/mol. The molecule has 0 N–H and O–H groups in total. The smallest absolute Gasteiger partial charge is 0.261 e. The quantitative estimate of drug-likeness (QED) is 0.685. The summed E-state index contributed by atoms with van der Waals surface area (Å²) >= 11 is 0. The van der Waals surface area contributed by atoms with E-state index in [-0.39, 0.29) is 23.1 Å². The van der Waals surface area contributed by atoms with Gasteiger partial charge < -0.3 is 14.3 Å². The highest BCUT2D eigenvalue weighted by molar-refractivity contribution is 6.21. The maximum absolute atomic E-state index is 13.0. The first-order valence-electron chi connectivity index (χ1n) is 11.3. The van der Waals surface area contributed by atoms with Gasteiger partial charge >= 0.3 is 0 Å². The molecule has 34 heavy (non-hydrogen) atoms. The number of aliphatic imine (C=N–C) groups is 2. The van der Waals surface area contributed by atoms with E-state index in [1.807, 2.05) is 67.0 Å². The number of benzene rings is 1. The largest absolute Gasteiger partial charge is 0.338 e. The molecule has 1 aliphatic carbocycles. The number of carbonyl (C=O) groups excluding carboxylic acids is 2. The second-order valence-electron chi connectivity index (χ2n) is 9.54. The van der Waals surface area contributed by atoms with Crippen molar-refractivity contribution in [2.45, 2.75) is 26.2 Å². The second kappa shape index (κ2) is 8.48. The summed E-state index contributed by atoms with van der Waals surface area (Å²) < 4.78 is 5.36. The average Bonchev–Trinajstić information content (AvgIpc) is 3.35. The molecule has 3 aliphatic rings. The molecule has 1 aromatic carbocycles. The molecular weight excluding hydrogens is 432 g/mol. The van der Waals surface area contributed by atoms with Crippen LogP contribution in [-0.2, 0) is 10.2 Å². The highest BCUT2D eigenvalue weighted by atomic mass is 16.5. The summed E-state index contributed by atoms with van der Waals surface area (Å²) in [5.74, 6) is 0.891. The van der Waals surface area contributed by atoms with Gasteiger partial charge in [-0.2, -0.15) is 9.98 Å². The van der Waals surface area contributed by atoms with Crippen molar-refractivity contribution < 1.29 is 14.1 Å². The molecule has 5 rings (SSSR count). The highest BCUT2D eigenvalue weighted by Crippen LogP contribution is 2.24. The molecule has 2 amide bonds. The van der Waals surface area contributed by atoms with Crippen LogP contribution < -0.4 is 0 Å². The lowest BCUT2D eigenvalue weighted by Gasteiger charge is -2.36. The maximum Gasteiger partial charge on any atom is 0.261 e. The maximum atomic E-state index is 13.0. The summed E-state index contributed by atoms with van der Waals surface area (Å²) in [6, 6.07) is 7.25. The van der Waals surface area contributed by atoms with Crippen molar-refractivity contribution in [1.82, 2.24) is 19.9 Å². The van der Waals surface area contributed by atoms with Crippen LogP contribution in [0, 0.1) is 5.92 Å². The van der Waals surface area contributed by atoms with Crippen LogP contribution in [0.1, 0.15) is 37.0 Å². The molecule has 2 aromatic rings. The Morgan fingerprint density at radius 1 is 1.03 bits per heavy atom. The molecule has 2 aliphatic heterocycles. The van der Waals surface area contributed by atoms with Gasteiger partial charge in [0.25, 0.3) is 11.8 Å². The summed E-state index contributed by atoms with van der Waals surface area (Å²) in [5.41, 5.74) is 1.89. The van der Waals surface area contributed by atoms with Gasteiger partial charge in [-0.1, -0.05) is 56.3 Å². The lowest BCUT2D eigenvalue weighted by molar-refractivity contribution is -0.118. The Balaban J connectivity index is 1.22. The minimum atomic E-state index is -0.382. The topological polar surface area (TPSA) is 104 Å². The molecule has 1 atom stereocenters. The third-order valence-electron chi connectivity index (χ3n) is 6.01. The molecule has 0 saturated carbocycles. The van der Waals surface area contributed by atoms with Crippen molar-refractivity contribution in [3.05, 3.63) is 60.0 Å². The van der Waals surface area contributed by atoms with Crippen LogP contribution in [-0.4, -0.2) is 69.6 Å². The number of piperazine rings is 1. The van der Waals surface area contributed by atoms with E-state index >= 15 is 0 Å². The number of fused-ring (bicyclic) bond motifs is 1. The molecule has 3 heterocycles. The van der Waals surface area contributed by atoms with Crippen molar-refractivity contribution in [2.75, 3.05) is 26.2 Å². The lowest BCUT2D eigenvalue weighted by atomic mass is 9.97. The van der Waals surface area contributed by atoms with E-state index in [0.29, 0.717) is 55.1 Å². The fourth-order valence-electron chi connectivity index (χ4n) is 4.00. The van der Waals surface area contributed by atoms with E-state index in [9.17, 15) is 9.59 Å². The SMILES string of the molecule is CC(C)(C)c1nc(-c2ccc(C(=O)N3CCN(C4=NC(=O)C5C=CC=CC5=N4)CC3)cc2)no1. The summed E-state index contributed by atoms with van der Waals surface area (Å²) in [4.78, 5) is 42.4. The molecule has 0 bridgehead atoms. The number of hydrogen-bond donors (Lipinski definition) is 0. The van der Waals surface area contributed by atoms with Gasteiger partial charge in [0.05, 0.1) is 5.71 Å². The fourth-order valence-corrected chi connectivity index (χ4v) is 4.00. The second-order valence-corrected chi connectivity index (χ2v) is 9.54. The zero-order valence-electron chi connectivity index (χ0n) is 19.4. The molecule has 1 aromatic heterocycles. The number of allylic oxidation sites excluding steroid dienone is 3. The third-order valence-corrected chi connectivity index (χ3v) is 6.01. The molecule has 1 unspecified atom stereocenters. The van der Waals surface area contributed by atoms with Crippen molar-refractivity contribution in [2.24, 2.45) is 15.9 Å². The number of nitrogens with zero attached hydrogens (tertiary/aromatic N) is 6. The number of hydrogen-bond acceptors (Lipinski definition) is 7. The summed E-state index contributed by atoms with van der Waals surface area (Å²) in [6.07, 6.45) is 7.37. The first-order chi connectivity index (χ1) is 16.3. The van der Waals surface area contributed by atoms with Gasteiger partial charge in [-0.15, -0.1) is 0 Å². The average molecular weight is 459 g/mol.